The number of nitrogens with one attached hydrogen (secondary N) is 1. The molecular weight excluding hydrogens is 228 g/mol. The fourth-order valence-corrected chi connectivity index (χ4v) is 1.13. The lowest BCUT2D eigenvalue weighted by molar-refractivity contribution is -0.391. The highest BCUT2D eigenvalue weighted by Gasteiger charge is 2.28. The second-order valence-corrected chi connectivity index (χ2v) is 2.73. The quantitative estimate of drug-likeness (QED) is 0.576. The number of hydrogen-bond donors (Lipinski definition) is 2. The van der Waals surface area contributed by atoms with E-state index in [1.807, 2.05) is 0 Å². The number of H-pyrrole nitrogens is 1. The summed E-state index contributed by atoms with van der Waals surface area (Å²) in [6, 6.07) is 0.497. The average molecular weight is 233 g/mol. The van der Waals surface area contributed by atoms with Crippen molar-refractivity contribution in [2.75, 3.05) is 0 Å². The summed E-state index contributed by atoms with van der Waals surface area (Å²) in [6.45, 7) is 0. The third-order valence-electron chi connectivity index (χ3n) is 1.73. The lowest BCUT2D eigenvalue weighted by Gasteiger charge is -2.05. The van der Waals surface area contributed by atoms with E-state index in [-0.39, 0.29) is 0 Å². The van der Waals surface area contributed by atoms with Gasteiger partial charge in [-0.3, -0.25) is 4.79 Å². The predicted molar refractivity (Wildman–Crippen MR) is 47.2 cm³/mol. The summed E-state index contributed by atoms with van der Waals surface area (Å²) in [5, 5.41) is 10.4. The van der Waals surface area contributed by atoms with Crippen LogP contribution in [-0.4, -0.2) is 15.8 Å². The van der Waals surface area contributed by atoms with Crippen molar-refractivity contribution >= 4 is 11.7 Å². The minimum absolute atomic E-state index is 0.497. The van der Waals surface area contributed by atoms with Crippen LogP contribution in [0.5, 0.6) is 0 Å². The van der Waals surface area contributed by atoms with Crippen molar-refractivity contribution in [1.29, 1.82) is 0 Å². The van der Waals surface area contributed by atoms with Crippen LogP contribution in [-0.2, 0) is 0 Å². The molecule has 0 aliphatic rings. The Labute approximate surface area is 86.0 Å². The van der Waals surface area contributed by atoms with E-state index < -0.39 is 39.8 Å². The van der Waals surface area contributed by atoms with Crippen molar-refractivity contribution in [3.8, 4) is 0 Å². The number of hydrogen-bond acceptors (Lipinski definition) is 4. The topological polar surface area (TPSA) is 119 Å². The zero-order valence-corrected chi connectivity index (χ0v) is 7.57. The minimum atomic E-state index is -3.29. The number of amides is 1. The predicted octanol–water partition coefficient (Wildman–Crippen LogP) is 0.320. The van der Waals surface area contributed by atoms with Crippen molar-refractivity contribution in [3.63, 3.8) is 0 Å². The molecule has 0 aliphatic heterocycles. The summed E-state index contributed by atoms with van der Waals surface area (Å²) in [5.41, 5.74) is 1.65. The second kappa shape index (κ2) is 4.04. The molecule has 86 valence electrons. The Balaban J connectivity index is 3.67. The van der Waals surface area contributed by atoms with Gasteiger partial charge >= 0.3 is 11.4 Å². The van der Waals surface area contributed by atoms with Gasteiger partial charge in [0.15, 0.2) is 0 Å². The Morgan fingerprint density at radius 1 is 1.56 bits per heavy atom. The van der Waals surface area contributed by atoms with Crippen LogP contribution >= 0.6 is 0 Å². The number of rotatable bonds is 3. The van der Waals surface area contributed by atoms with Crippen molar-refractivity contribution < 1.29 is 18.5 Å². The van der Waals surface area contributed by atoms with E-state index in [0.29, 0.717) is 6.07 Å². The molecule has 0 radical (unpaired) electrons. The monoisotopic (exact) mass is 233 g/mol. The fourth-order valence-electron chi connectivity index (χ4n) is 1.13. The lowest BCUT2D eigenvalue weighted by atomic mass is 10.1. The van der Waals surface area contributed by atoms with Crippen LogP contribution in [0.25, 0.3) is 0 Å². The summed E-state index contributed by atoms with van der Waals surface area (Å²) < 4.78 is 25.0. The second-order valence-electron chi connectivity index (χ2n) is 2.73. The van der Waals surface area contributed by atoms with E-state index in [2.05, 4.69) is 0 Å². The number of nitrogens with zero attached hydrogens (tertiary/aromatic N) is 1. The van der Waals surface area contributed by atoms with Gasteiger partial charge < -0.3 is 15.8 Å². The smallest absolute Gasteiger partial charge is 0.333 e. The molecule has 3 N–H and O–H groups in total. The van der Waals surface area contributed by atoms with Crippen LogP contribution in [0.15, 0.2) is 10.9 Å². The first-order chi connectivity index (χ1) is 7.34. The molecule has 9 heteroatoms. The Bertz CT molecular complexity index is 473. The number of halogens is 2. The standard InChI is InChI=1S/C7H5F2N3O4/c8-5(9)4-2(6(10)14)1-3(13)11-7(4)12(15)16/h1,5H,(H2,10,14)(H,11,13). The SMILES string of the molecule is NC(=O)c1cc(=O)[nH]c([N+](=O)[O-])c1C(F)F. The van der Waals surface area contributed by atoms with Gasteiger partial charge in [-0.2, -0.15) is 0 Å². The zero-order chi connectivity index (χ0) is 12.5. The average Bonchev–Trinajstić information content (AvgIpc) is 2.15. The van der Waals surface area contributed by atoms with Crippen molar-refractivity contribution in [2.45, 2.75) is 6.43 Å². The third kappa shape index (κ3) is 2.02. The first kappa shape index (κ1) is 11.8. The highest BCUT2D eigenvalue weighted by Crippen LogP contribution is 2.28. The highest BCUT2D eigenvalue weighted by molar-refractivity contribution is 5.95. The van der Waals surface area contributed by atoms with Gasteiger partial charge in [0.25, 0.3) is 6.43 Å². The number of primary amides is 1. The number of aromatic amines is 1. The summed E-state index contributed by atoms with van der Waals surface area (Å²) in [6.07, 6.45) is -3.29. The molecule has 0 fully saturated rings. The molecule has 16 heavy (non-hydrogen) atoms. The third-order valence-corrected chi connectivity index (χ3v) is 1.73. The van der Waals surface area contributed by atoms with Crippen LogP contribution in [0.3, 0.4) is 0 Å². The number of carbonyl (C=O) groups excluding carboxylic acids is 1. The molecule has 7 nitrogen and oxygen atoms in total. The number of nitro groups is 1. The van der Waals surface area contributed by atoms with E-state index in [4.69, 9.17) is 5.73 Å². The van der Waals surface area contributed by atoms with Crippen molar-refractivity contribution in [2.24, 2.45) is 5.73 Å². The Morgan fingerprint density at radius 3 is 2.50 bits per heavy atom. The summed E-state index contributed by atoms with van der Waals surface area (Å²) in [5.74, 6) is -2.55. The number of alkyl halides is 2. The molecular formula is C7H5F2N3O4. The van der Waals surface area contributed by atoms with Gasteiger partial charge in [0.05, 0.1) is 5.56 Å². The van der Waals surface area contributed by atoms with Crippen LogP contribution < -0.4 is 11.3 Å². The molecule has 1 aromatic heterocycles. The minimum Gasteiger partial charge on any atom is -0.366 e. The van der Waals surface area contributed by atoms with Gasteiger partial charge in [0.1, 0.15) is 5.56 Å². The van der Waals surface area contributed by atoms with Crippen LogP contribution in [0.4, 0.5) is 14.6 Å². The van der Waals surface area contributed by atoms with Gasteiger partial charge in [-0.1, -0.05) is 0 Å². The number of carbonyl (C=O) groups is 1. The molecule has 0 atom stereocenters. The molecule has 0 unspecified atom stereocenters. The van der Waals surface area contributed by atoms with E-state index in [1.54, 1.807) is 4.98 Å². The van der Waals surface area contributed by atoms with Gasteiger partial charge in [-0.25, -0.2) is 18.6 Å². The molecule has 0 saturated carbocycles. The Morgan fingerprint density at radius 2 is 2.12 bits per heavy atom. The molecule has 1 rings (SSSR count). The van der Waals surface area contributed by atoms with Crippen molar-refractivity contribution in [3.05, 3.63) is 37.7 Å². The Hall–Kier alpha value is -2.32. The number of pyridine rings is 1. The van der Waals surface area contributed by atoms with Gasteiger partial charge in [-0.15, -0.1) is 0 Å². The summed E-state index contributed by atoms with van der Waals surface area (Å²) in [7, 11) is 0. The molecule has 0 saturated heterocycles. The van der Waals surface area contributed by atoms with Gasteiger partial charge in [0.2, 0.25) is 5.91 Å². The molecule has 1 amide bonds. The molecule has 0 aliphatic carbocycles. The maximum Gasteiger partial charge on any atom is 0.333 e. The van der Waals surface area contributed by atoms with E-state index in [0.717, 1.165) is 0 Å². The molecule has 1 aromatic rings. The van der Waals surface area contributed by atoms with Gasteiger partial charge in [-0.05, 0) is 4.92 Å². The zero-order valence-electron chi connectivity index (χ0n) is 7.57. The van der Waals surface area contributed by atoms with Crippen LogP contribution in [0.1, 0.15) is 22.3 Å². The summed E-state index contributed by atoms with van der Waals surface area (Å²) >= 11 is 0. The largest absolute Gasteiger partial charge is 0.366 e. The number of nitrogens with two attached hydrogens (primary N) is 1. The highest BCUT2D eigenvalue weighted by atomic mass is 19.3. The first-order valence-corrected chi connectivity index (χ1v) is 3.84. The fraction of sp³-hybridized carbons (Fsp3) is 0.143. The normalized spacial score (nSPS) is 10.4. The molecule has 1 heterocycles. The molecule has 0 aromatic carbocycles. The maximum absolute atomic E-state index is 12.5. The lowest BCUT2D eigenvalue weighted by Crippen LogP contribution is -2.21. The Kier molecular flexibility index (Phi) is 2.97. The van der Waals surface area contributed by atoms with Crippen molar-refractivity contribution in [1.82, 2.24) is 4.98 Å². The van der Waals surface area contributed by atoms with E-state index in [9.17, 15) is 28.5 Å². The molecule has 0 bridgehead atoms. The van der Waals surface area contributed by atoms with E-state index in [1.165, 1.54) is 0 Å². The first-order valence-electron chi connectivity index (χ1n) is 3.84. The molecule has 0 spiro atoms. The van der Waals surface area contributed by atoms with Gasteiger partial charge in [0, 0.05) is 6.07 Å². The summed E-state index contributed by atoms with van der Waals surface area (Å²) in [4.78, 5) is 32.4. The van der Waals surface area contributed by atoms with Crippen LogP contribution in [0.2, 0.25) is 0 Å². The van der Waals surface area contributed by atoms with Crippen LogP contribution in [0, 0.1) is 10.1 Å². The maximum atomic E-state index is 12.5. The number of aromatic nitrogens is 1. The van der Waals surface area contributed by atoms with E-state index >= 15 is 0 Å².